The molecule has 0 saturated carbocycles. The molecule has 0 saturated heterocycles. The third-order valence-corrected chi connectivity index (χ3v) is 4.65. The number of urea groups is 1. The summed E-state index contributed by atoms with van der Waals surface area (Å²) in [5.74, 6) is 0. The Morgan fingerprint density at radius 3 is 2.86 bits per heavy atom. The number of nitrogens with zero attached hydrogens (tertiary/aromatic N) is 6. The molecule has 4 rings (SSSR count). The second-order valence-corrected chi connectivity index (χ2v) is 6.83. The molecule has 0 aliphatic heterocycles. The van der Waals surface area contributed by atoms with Crippen LogP contribution in [0.2, 0.25) is 0 Å². The summed E-state index contributed by atoms with van der Waals surface area (Å²) >= 11 is 1.27. The van der Waals surface area contributed by atoms with Crippen LogP contribution in [0.5, 0.6) is 0 Å². The smallest absolute Gasteiger partial charge is 0.321 e. The van der Waals surface area contributed by atoms with Gasteiger partial charge in [0.1, 0.15) is 18.3 Å². The lowest BCUT2D eigenvalue weighted by atomic mass is 10.1. The van der Waals surface area contributed by atoms with Crippen molar-refractivity contribution in [2.45, 2.75) is 13.1 Å². The third-order valence-electron chi connectivity index (χ3n) is 3.79. The molecule has 10 heteroatoms. The van der Waals surface area contributed by atoms with Crippen LogP contribution in [-0.4, -0.2) is 36.0 Å². The molecule has 3 heterocycles. The minimum atomic E-state index is -0.342. The number of carbonyl (C=O) groups is 1. The maximum atomic E-state index is 12.2. The molecule has 0 atom stereocenters. The molecule has 0 bridgehead atoms. The van der Waals surface area contributed by atoms with E-state index in [2.05, 4.69) is 35.9 Å². The van der Waals surface area contributed by atoms with E-state index in [4.69, 9.17) is 0 Å². The zero-order valence-corrected chi connectivity index (χ0v) is 15.5. The fraction of sp³-hybridized carbons (Fsp3) is 0.111. The normalized spacial score (nSPS) is 10.6. The summed E-state index contributed by atoms with van der Waals surface area (Å²) in [5, 5.41) is 18.7. The zero-order valence-electron chi connectivity index (χ0n) is 14.7. The number of pyridine rings is 1. The number of carbonyl (C=O) groups excluding carboxylic acids is 1. The van der Waals surface area contributed by atoms with Crippen LogP contribution in [0.1, 0.15) is 11.1 Å². The second-order valence-electron chi connectivity index (χ2n) is 5.85. The van der Waals surface area contributed by atoms with Gasteiger partial charge in [-0.2, -0.15) is 5.10 Å². The average molecular weight is 392 g/mol. The van der Waals surface area contributed by atoms with E-state index >= 15 is 0 Å². The predicted octanol–water partition coefficient (Wildman–Crippen LogP) is 2.56. The Kier molecular flexibility index (Phi) is 5.29. The topological polar surface area (TPSA) is 111 Å². The van der Waals surface area contributed by atoms with Gasteiger partial charge in [0.2, 0.25) is 5.13 Å². The van der Waals surface area contributed by atoms with Crippen molar-refractivity contribution >= 4 is 22.5 Å². The van der Waals surface area contributed by atoms with Crippen LogP contribution >= 0.6 is 11.3 Å². The van der Waals surface area contributed by atoms with Gasteiger partial charge in [-0.3, -0.25) is 10.3 Å². The summed E-state index contributed by atoms with van der Waals surface area (Å²) < 4.78 is 1.74. The van der Waals surface area contributed by atoms with Crippen LogP contribution in [-0.2, 0) is 13.1 Å². The number of rotatable bonds is 6. The van der Waals surface area contributed by atoms with Crippen LogP contribution < -0.4 is 10.6 Å². The molecule has 4 aromatic rings. The van der Waals surface area contributed by atoms with Gasteiger partial charge in [-0.1, -0.05) is 41.7 Å². The largest absolute Gasteiger partial charge is 0.334 e. The van der Waals surface area contributed by atoms with E-state index in [1.54, 1.807) is 17.2 Å². The molecular weight excluding hydrogens is 376 g/mol. The number of benzene rings is 1. The van der Waals surface area contributed by atoms with E-state index in [-0.39, 0.29) is 6.03 Å². The summed E-state index contributed by atoms with van der Waals surface area (Å²) in [5.41, 5.74) is 2.78. The number of nitrogens with one attached hydrogen (secondary N) is 2. The van der Waals surface area contributed by atoms with E-state index in [0.29, 0.717) is 23.2 Å². The zero-order chi connectivity index (χ0) is 19.2. The van der Waals surface area contributed by atoms with Gasteiger partial charge in [0.05, 0.1) is 6.54 Å². The lowest BCUT2D eigenvalue weighted by Gasteiger charge is -2.07. The summed E-state index contributed by atoms with van der Waals surface area (Å²) in [6.45, 7) is 1.02. The lowest BCUT2D eigenvalue weighted by molar-refractivity contribution is 0.251. The fourth-order valence-electron chi connectivity index (χ4n) is 2.53. The number of hydrogen-bond donors (Lipinski definition) is 2. The van der Waals surface area contributed by atoms with Crippen LogP contribution in [0.4, 0.5) is 9.93 Å². The van der Waals surface area contributed by atoms with Gasteiger partial charge in [-0.05, 0) is 23.3 Å². The van der Waals surface area contributed by atoms with Crippen molar-refractivity contribution in [2.24, 2.45) is 0 Å². The molecular formula is C18H16N8OS. The summed E-state index contributed by atoms with van der Waals surface area (Å²) in [6, 6.07) is 13.1. The first kappa shape index (κ1) is 17.7. The highest BCUT2D eigenvalue weighted by molar-refractivity contribution is 7.18. The van der Waals surface area contributed by atoms with Crippen molar-refractivity contribution in [3.05, 3.63) is 72.4 Å². The summed E-state index contributed by atoms with van der Waals surface area (Å²) in [6.07, 6.45) is 4.86. The van der Waals surface area contributed by atoms with Gasteiger partial charge >= 0.3 is 6.03 Å². The van der Waals surface area contributed by atoms with Gasteiger partial charge in [0.25, 0.3) is 0 Å². The molecule has 0 radical (unpaired) electrons. The Labute approximate surface area is 164 Å². The highest BCUT2D eigenvalue weighted by Gasteiger charge is 2.10. The average Bonchev–Trinajstić information content (AvgIpc) is 3.40. The minimum absolute atomic E-state index is 0.342. The summed E-state index contributed by atoms with van der Waals surface area (Å²) in [4.78, 5) is 20.3. The summed E-state index contributed by atoms with van der Waals surface area (Å²) in [7, 11) is 0. The Balaban J connectivity index is 1.32. The second kappa shape index (κ2) is 8.35. The molecule has 28 heavy (non-hydrogen) atoms. The molecule has 0 aliphatic rings. The standard InChI is InChI=1S/C18H16N8OS/c27-17(23-18-25-24-16(28-18)15-6-1-2-7-20-15)21-9-13-4-3-5-14(8-13)10-26-12-19-11-22-26/h1-8,11-12H,9-10H2,(H2,21,23,25,27). The number of hydrogen-bond acceptors (Lipinski definition) is 7. The van der Waals surface area contributed by atoms with Gasteiger partial charge in [-0.25, -0.2) is 14.5 Å². The van der Waals surface area contributed by atoms with E-state index in [0.717, 1.165) is 16.8 Å². The van der Waals surface area contributed by atoms with Crippen molar-refractivity contribution in [1.29, 1.82) is 0 Å². The van der Waals surface area contributed by atoms with Crippen molar-refractivity contribution < 1.29 is 4.79 Å². The van der Waals surface area contributed by atoms with Crippen LogP contribution in [0.25, 0.3) is 10.7 Å². The van der Waals surface area contributed by atoms with Crippen LogP contribution in [0.15, 0.2) is 61.3 Å². The lowest BCUT2D eigenvalue weighted by Crippen LogP contribution is -2.28. The molecule has 2 amide bonds. The first-order chi connectivity index (χ1) is 13.8. The van der Waals surface area contributed by atoms with Crippen molar-refractivity contribution in [2.75, 3.05) is 5.32 Å². The van der Waals surface area contributed by atoms with Crippen molar-refractivity contribution in [3.63, 3.8) is 0 Å². The Morgan fingerprint density at radius 1 is 1.11 bits per heavy atom. The quantitative estimate of drug-likeness (QED) is 0.522. The molecule has 140 valence electrons. The van der Waals surface area contributed by atoms with E-state index < -0.39 is 0 Å². The maximum Gasteiger partial charge on any atom is 0.321 e. The minimum Gasteiger partial charge on any atom is -0.334 e. The number of aromatic nitrogens is 6. The Bertz CT molecular complexity index is 1050. The van der Waals surface area contributed by atoms with Crippen molar-refractivity contribution in [3.8, 4) is 10.7 Å². The van der Waals surface area contributed by atoms with E-state index in [1.165, 1.54) is 17.7 Å². The van der Waals surface area contributed by atoms with Crippen molar-refractivity contribution in [1.82, 2.24) is 35.3 Å². The Morgan fingerprint density at radius 2 is 2.04 bits per heavy atom. The third kappa shape index (κ3) is 4.54. The first-order valence-corrected chi connectivity index (χ1v) is 9.28. The van der Waals surface area contributed by atoms with E-state index in [1.807, 2.05) is 42.5 Å². The molecule has 0 fully saturated rings. The van der Waals surface area contributed by atoms with Crippen LogP contribution in [0, 0.1) is 0 Å². The van der Waals surface area contributed by atoms with Crippen LogP contribution in [0.3, 0.4) is 0 Å². The molecule has 0 aliphatic carbocycles. The molecule has 3 aromatic heterocycles. The maximum absolute atomic E-state index is 12.2. The van der Waals surface area contributed by atoms with Gasteiger partial charge < -0.3 is 5.32 Å². The molecule has 1 aromatic carbocycles. The Hall–Kier alpha value is -3.66. The highest BCUT2D eigenvalue weighted by atomic mass is 32.1. The molecule has 0 spiro atoms. The molecule has 0 unspecified atom stereocenters. The number of anilines is 1. The van der Waals surface area contributed by atoms with E-state index in [9.17, 15) is 4.79 Å². The highest BCUT2D eigenvalue weighted by Crippen LogP contribution is 2.24. The predicted molar refractivity (Wildman–Crippen MR) is 105 cm³/mol. The van der Waals surface area contributed by atoms with Gasteiger partial charge in [0.15, 0.2) is 5.01 Å². The fourth-order valence-corrected chi connectivity index (χ4v) is 3.25. The number of amides is 2. The SMILES string of the molecule is O=C(NCc1cccc(Cn2cncn2)c1)Nc1nnc(-c2ccccn2)s1. The first-order valence-electron chi connectivity index (χ1n) is 8.46. The monoisotopic (exact) mass is 392 g/mol. The van der Waals surface area contributed by atoms with Gasteiger partial charge in [-0.15, -0.1) is 10.2 Å². The molecule has 2 N–H and O–H groups in total. The molecule has 9 nitrogen and oxygen atoms in total. The van der Waals surface area contributed by atoms with Gasteiger partial charge in [0, 0.05) is 12.7 Å².